The van der Waals surface area contributed by atoms with Crippen LogP contribution in [0.15, 0.2) is 12.4 Å². The number of hydrogen-bond acceptors (Lipinski definition) is 3. The molecule has 0 radical (unpaired) electrons. The van der Waals surface area contributed by atoms with Crippen molar-refractivity contribution in [2.24, 2.45) is 7.05 Å². The maximum atomic E-state index is 4.46. The molecule has 0 bridgehead atoms. The lowest BCUT2D eigenvalue weighted by molar-refractivity contribution is 0.00948. The molecular weight excluding hydrogens is 224 g/mol. The third-order valence-electron chi connectivity index (χ3n) is 4.58. The van der Waals surface area contributed by atoms with Gasteiger partial charge in [0.2, 0.25) is 0 Å². The van der Waals surface area contributed by atoms with Crippen LogP contribution in [-0.4, -0.2) is 51.1 Å². The molecule has 1 aromatic heterocycles. The highest BCUT2D eigenvalue weighted by molar-refractivity contribution is 4.95. The SMILES string of the molecule is CC1CN2CCCCC2CN1Cc1nccn1C. The van der Waals surface area contributed by atoms with Gasteiger partial charge in [-0.1, -0.05) is 6.42 Å². The quantitative estimate of drug-likeness (QED) is 0.792. The Hall–Kier alpha value is -0.870. The highest BCUT2D eigenvalue weighted by Crippen LogP contribution is 2.24. The summed E-state index contributed by atoms with van der Waals surface area (Å²) in [6.45, 7) is 7.11. The standard InChI is InChI=1S/C14H24N4/c1-12-9-17-7-4-3-5-13(17)10-18(12)11-14-15-6-8-16(14)2/h6,8,12-13H,3-5,7,9-11H2,1-2H3. The molecule has 0 aliphatic carbocycles. The zero-order valence-corrected chi connectivity index (χ0v) is 11.5. The van der Waals surface area contributed by atoms with E-state index in [-0.39, 0.29) is 0 Å². The maximum Gasteiger partial charge on any atom is 0.122 e. The molecular formula is C14H24N4. The van der Waals surface area contributed by atoms with Gasteiger partial charge in [0.05, 0.1) is 6.54 Å². The molecule has 100 valence electrons. The molecule has 1 aromatic rings. The molecule has 2 aliphatic heterocycles. The number of nitrogens with zero attached hydrogens (tertiary/aromatic N) is 4. The number of fused-ring (bicyclic) bond motifs is 1. The molecule has 0 aromatic carbocycles. The molecule has 0 amide bonds. The Kier molecular flexibility index (Phi) is 3.39. The van der Waals surface area contributed by atoms with Crippen LogP contribution in [0.5, 0.6) is 0 Å². The van der Waals surface area contributed by atoms with Crippen molar-refractivity contribution in [1.29, 1.82) is 0 Å². The lowest BCUT2D eigenvalue weighted by Gasteiger charge is -2.47. The fourth-order valence-corrected chi connectivity index (χ4v) is 3.36. The third kappa shape index (κ3) is 2.31. The van der Waals surface area contributed by atoms with Crippen molar-refractivity contribution in [2.75, 3.05) is 19.6 Å². The van der Waals surface area contributed by atoms with E-state index in [9.17, 15) is 0 Å². The van der Waals surface area contributed by atoms with E-state index < -0.39 is 0 Å². The number of imidazole rings is 1. The Balaban J connectivity index is 1.67. The Labute approximate surface area is 110 Å². The first kappa shape index (κ1) is 12.2. The Morgan fingerprint density at radius 1 is 1.33 bits per heavy atom. The van der Waals surface area contributed by atoms with Crippen LogP contribution in [0.4, 0.5) is 0 Å². The van der Waals surface area contributed by atoms with Gasteiger partial charge < -0.3 is 4.57 Å². The molecule has 3 rings (SSSR count). The summed E-state index contributed by atoms with van der Waals surface area (Å²) >= 11 is 0. The van der Waals surface area contributed by atoms with Crippen molar-refractivity contribution in [2.45, 2.75) is 44.8 Å². The van der Waals surface area contributed by atoms with Crippen LogP contribution in [0.25, 0.3) is 0 Å². The first-order valence-electron chi connectivity index (χ1n) is 7.18. The van der Waals surface area contributed by atoms with E-state index in [1.807, 2.05) is 12.4 Å². The normalized spacial score (nSPS) is 30.3. The second kappa shape index (κ2) is 5.02. The van der Waals surface area contributed by atoms with E-state index in [4.69, 9.17) is 0 Å². The maximum absolute atomic E-state index is 4.46. The Morgan fingerprint density at radius 2 is 2.22 bits per heavy atom. The summed E-state index contributed by atoms with van der Waals surface area (Å²) in [6.07, 6.45) is 8.12. The molecule has 0 spiro atoms. The number of rotatable bonds is 2. The molecule has 2 unspecified atom stereocenters. The first-order valence-corrected chi connectivity index (χ1v) is 7.18. The van der Waals surface area contributed by atoms with Gasteiger partial charge in [-0.15, -0.1) is 0 Å². The zero-order chi connectivity index (χ0) is 12.5. The summed E-state index contributed by atoms with van der Waals surface area (Å²) in [5.74, 6) is 1.19. The molecule has 2 fully saturated rings. The van der Waals surface area contributed by atoms with Crippen molar-refractivity contribution >= 4 is 0 Å². The summed E-state index contributed by atoms with van der Waals surface area (Å²) in [5.41, 5.74) is 0. The molecule has 4 nitrogen and oxygen atoms in total. The van der Waals surface area contributed by atoms with Gasteiger partial charge in [0.15, 0.2) is 0 Å². The van der Waals surface area contributed by atoms with E-state index >= 15 is 0 Å². The molecule has 2 saturated heterocycles. The predicted molar refractivity (Wildman–Crippen MR) is 72.3 cm³/mol. The van der Waals surface area contributed by atoms with Crippen LogP contribution < -0.4 is 0 Å². The van der Waals surface area contributed by atoms with Gasteiger partial charge in [0.1, 0.15) is 5.82 Å². The van der Waals surface area contributed by atoms with Gasteiger partial charge in [0, 0.05) is 44.6 Å². The molecule has 0 saturated carbocycles. The Morgan fingerprint density at radius 3 is 3.00 bits per heavy atom. The highest BCUT2D eigenvalue weighted by Gasteiger charge is 2.33. The van der Waals surface area contributed by atoms with Crippen molar-refractivity contribution in [3.05, 3.63) is 18.2 Å². The fourth-order valence-electron chi connectivity index (χ4n) is 3.36. The third-order valence-corrected chi connectivity index (χ3v) is 4.58. The van der Waals surface area contributed by atoms with E-state index in [0.717, 1.165) is 12.6 Å². The number of piperazine rings is 1. The monoisotopic (exact) mass is 248 g/mol. The fraction of sp³-hybridized carbons (Fsp3) is 0.786. The minimum Gasteiger partial charge on any atom is -0.337 e. The van der Waals surface area contributed by atoms with Crippen LogP contribution in [0, 0.1) is 0 Å². The average molecular weight is 248 g/mol. The first-order chi connectivity index (χ1) is 8.74. The second-order valence-electron chi connectivity index (χ2n) is 5.88. The van der Waals surface area contributed by atoms with Gasteiger partial charge in [0.25, 0.3) is 0 Å². The molecule has 3 heterocycles. The van der Waals surface area contributed by atoms with Crippen LogP contribution in [-0.2, 0) is 13.6 Å². The van der Waals surface area contributed by atoms with Crippen molar-refractivity contribution in [3.8, 4) is 0 Å². The molecule has 2 atom stereocenters. The molecule has 4 heteroatoms. The molecule has 2 aliphatic rings. The van der Waals surface area contributed by atoms with Crippen molar-refractivity contribution < 1.29 is 0 Å². The summed E-state index contributed by atoms with van der Waals surface area (Å²) < 4.78 is 2.14. The summed E-state index contributed by atoms with van der Waals surface area (Å²) in [7, 11) is 2.09. The number of aryl methyl sites for hydroxylation is 1. The molecule has 0 N–H and O–H groups in total. The lowest BCUT2D eigenvalue weighted by Crippen LogP contribution is -2.58. The van der Waals surface area contributed by atoms with Gasteiger partial charge in [-0.2, -0.15) is 0 Å². The van der Waals surface area contributed by atoms with Crippen molar-refractivity contribution in [3.63, 3.8) is 0 Å². The topological polar surface area (TPSA) is 24.3 Å². The van der Waals surface area contributed by atoms with Crippen molar-refractivity contribution in [1.82, 2.24) is 19.4 Å². The van der Waals surface area contributed by atoms with E-state index in [0.29, 0.717) is 6.04 Å². The van der Waals surface area contributed by atoms with Gasteiger partial charge >= 0.3 is 0 Å². The predicted octanol–water partition coefficient (Wildman–Crippen LogP) is 1.48. The lowest BCUT2D eigenvalue weighted by atomic mass is 9.97. The van der Waals surface area contributed by atoms with Crippen LogP contribution >= 0.6 is 0 Å². The average Bonchev–Trinajstić information content (AvgIpc) is 2.76. The smallest absolute Gasteiger partial charge is 0.122 e. The molecule has 18 heavy (non-hydrogen) atoms. The number of hydrogen-bond donors (Lipinski definition) is 0. The zero-order valence-electron chi connectivity index (χ0n) is 11.5. The van der Waals surface area contributed by atoms with Crippen LogP contribution in [0.1, 0.15) is 32.0 Å². The van der Waals surface area contributed by atoms with Crippen LogP contribution in [0.2, 0.25) is 0 Å². The minimum atomic E-state index is 0.649. The van der Waals surface area contributed by atoms with Gasteiger partial charge in [-0.25, -0.2) is 4.98 Å². The van der Waals surface area contributed by atoms with E-state index in [2.05, 4.69) is 33.3 Å². The number of aromatic nitrogens is 2. The highest BCUT2D eigenvalue weighted by atomic mass is 15.3. The van der Waals surface area contributed by atoms with Crippen LogP contribution in [0.3, 0.4) is 0 Å². The van der Waals surface area contributed by atoms with E-state index in [1.54, 1.807) is 0 Å². The summed E-state index contributed by atoms with van der Waals surface area (Å²) in [4.78, 5) is 9.76. The number of piperidine rings is 1. The van der Waals surface area contributed by atoms with Gasteiger partial charge in [-0.05, 0) is 26.3 Å². The summed E-state index contributed by atoms with van der Waals surface area (Å²) in [5, 5.41) is 0. The largest absolute Gasteiger partial charge is 0.337 e. The second-order valence-corrected chi connectivity index (χ2v) is 5.88. The minimum absolute atomic E-state index is 0.649. The Bertz CT molecular complexity index is 400. The van der Waals surface area contributed by atoms with Gasteiger partial charge in [-0.3, -0.25) is 9.80 Å². The van der Waals surface area contributed by atoms with E-state index in [1.165, 1.54) is 44.7 Å². The summed E-state index contributed by atoms with van der Waals surface area (Å²) in [6, 6.07) is 1.44.